The number of thiazole rings is 1. The Bertz CT molecular complexity index is 2350. The van der Waals surface area contributed by atoms with Gasteiger partial charge in [-0.3, -0.25) is 14.5 Å². The number of hydrogen-bond acceptors (Lipinski definition) is 8. The van der Waals surface area contributed by atoms with Crippen molar-refractivity contribution in [1.82, 2.24) is 44.9 Å². The Morgan fingerprint density at radius 1 is 0.772 bits per heavy atom. The first-order valence-electron chi connectivity index (χ1n) is 19.2. The maximum Gasteiger partial charge on any atom is 0.405 e. The molecule has 8 rings (SSSR count). The number of carbonyl (C=O) groups excluding carboxylic acids is 2. The molecule has 2 fully saturated rings. The van der Waals surface area contributed by atoms with E-state index in [0.29, 0.717) is 24.5 Å². The van der Waals surface area contributed by atoms with Gasteiger partial charge in [0, 0.05) is 18.5 Å². The van der Waals surface area contributed by atoms with Crippen LogP contribution in [0, 0.1) is 6.92 Å². The summed E-state index contributed by atoms with van der Waals surface area (Å²) >= 11 is 1.56. The molecule has 3 aromatic carbocycles. The molecule has 2 saturated heterocycles. The molecule has 6 aromatic rings. The SMILES string of the molecule is Cc1nc(C(C(=O)N2CCC[C@H]2c2ncc(-c3ccc(-c4ccc(-c5cnc([C@@H]6CCCN6C(=O)[C@H](NC(=O)O)c6ccccc6)[nH]5)cc4)cc3)[nH]2)N(C)C)cs1. The van der Waals surface area contributed by atoms with Crippen LogP contribution in [0.5, 0.6) is 0 Å². The zero-order valence-electron chi connectivity index (χ0n) is 32.1. The van der Waals surface area contributed by atoms with Crippen molar-refractivity contribution in [2.24, 2.45) is 0 Å². The van der Waals surface area contributed by atoms with Gasteiger partial charge in [0.2, 0.25) is 5.91 Å². The fourth-order valence-electron chi connectivity index (χ4n) is 8.12. The zero-order valence-corrected chi connectivity index (χ0v) is 32.9. The average Bonchev–Trinajstić information content (AvgIpc) is 4.07. The lowest BCUT2D eigenvalue weighted by atomic mass is 10.0. The Labute approximate surface area is 334 Å². The topological polar surface area (TPSA) is 163 Å². The number of rotatable bonds is 11. The number of nitrogens with zero attached hydrogens (tertiary/aromatic N) is 6. The number of likely N-dealkylation sites (N-methyl/N-ethyl adjacent to an activating group) is 1. The summed E-state index contributed by atoms with van der Waals surface area (Å²) in [6.45, 7) is 3.16. The van der Waals surface area contributed by atoms with Gasteiger partial charge in [-0.25, -0.2) is 19.7 Å². The van der Waals surface area contributed by atoms with Gasteiger partial charge in [0.1, 0.15) is 23.7 Å². The van der Waals surface area contributed by atoms with Crippen LogP contribution in [-0.2, 0) is 9.59 Å². The molecule has 3 aromatic heterocycles. The van der Waals surface area contributed by atoms with Gasteiger partial charge in [-0.05, 0) is 74.5 Å². The lowest BCUT2D eigenvalue weighted by Crippen LogP contribution is -2.42. The zero-order chi connectivity index (χ0) is 39.6. The second-order valence-corrected chi connectivity index (χ2v) is 15.9. The minimum Gasteiger partial charge on any atom is -0.465 e. The molecule has 1 unspecified atom stereocenters. The van der Waals surface area contributed by atoms with E-state index in [2.05, 4.69) is 61.7 Å². The highest BCUT2D eigenvalue weighted by Crippen LogP contribution is 2.37. The summed E-state index contributed by atoms with van der Waals surface area (Å²) in [7, 11) is 3.84. The van der Waals surface area contributed by atoms with Crippen molar-refractivity contribution in [3.63, 3.8) is 0 Å². The smallest absolute Gasteiger partial charge is 0.405 e. The Hall–Kier alpha value is -6.12. The lowest BCUT2D eigenvalue weighted by Gasteiger charge is -2.30. The van der Waals surface area contributed by atoms with Crippen molar-refractivity contribution in [3.05, 3.63) is 125 Å². The molecule has 2 aliphatic rings. The summed E-state index contributed by atoms with van der Waals surface area (Å²) < 4.78 is 0. The van der Waals surface area contributed by atoms with Crippen LogP contribution in [0.15, 0.2) is 96.6 Å². The Kier molecular flexibility index (Phi) is 10.7. The predicted molar refractivity (Wildman–Crippen MR) is 218 cm³/mol. The predicted octanol–water partition coefficient (Wildman–Crippen LogP) is 7.54. The van der Waals surface area contributed by atoms with E-state index in [1.54, 1.807) is 46.7 Å². The third-order valence-corrected chi connectivity index (χ3v) is 11.7. The maximum atomic E-state index is 13.9. The number of carboxylic acid groups (broad SMARTS) is 1. The number of benzene rings is 3. The van der Waals surface area contributed by atoms with E-state index in [1.165, 1.54) is 0 Å². The molecule has 4 N–H and O–H groups in total. The van der Waals surface area contributed by atoms with Crippen molar-refractivity contribution in [1.29, 1.82) is 0 Å². The van der Waals surface area contributed by atoms with Gasteiger partial charge in [0.25, 0.3) is 5.91 Å². The molecule has 5 heterocycles. The van der Waals surface area contributed by atoms with Gasteiger partial charge in [0.15, 0.2) is 0 Å². The minimum atomic E-state index is -1.25. The Morgan fingerprint density at radius 3 is 1.75 bits per heavy atom. The molecule has 3 amide bonds. The van der Waals surface area contributed by atoms with Crippen molar-refractivity contribution >= 4 is 29.2 Å². The number of likely N-dealkylation sites (tertiary alicyclic amines) is 2. The molecule has 0 aliphatic carbocycles. The van der Waals surface area contributed by atoms with Crippen LogP contribution in [0.3, 0.4) is 0 Å². The second-order valence-electron chi connectivity index (χ2n) is 14.8. The first-order valence-corrected chi connectivity index (χ1v) is 20.1. The number of amides is 3. The molecule has 4 atom stereocenters. The number of aryl methyl sites for hydroxylation is 1. The van der Waals surface area contributed by atoms with E-state index in [-0.39, 0.29) is 23.9 Å². The van der Waals surface area contributed by atoms with Gasteiger partial charge >= 0.3 is 6.09 Å². The lowest BCUT2D eigenvalue weighted by molar-refractivity contribution is -0.137. The van der Waals surface area contributed by atoms with Crippen molar-refractivity contribution in [2.45, 2.75) is 56.8 Å². The summed E-state index contributed by atoms with van der Waals surface area (Å²) in [5.74, 6) is 1.22. The second kappa shape index (κ2) is 16.2. The van der Waals surface area contributed by atoms with Crippen molar-refractivity contribution in [2.75, 3.05) is 27.2 Å². The summed E-state index contributed by atoms with van der Waals surface area (Å²) in [4.78, 5) is 65.8. The van der Waals surface area contributed by atoms with Crippen molar-refractivity contribution < 1.29 is 19.5 Å². The third kappa shape index (κ3) is 7.83. The fraction of sp³-hybridized carbons (Fsp3) is 0.302. The van der Waals surface area contributed by atoms with E-state index in [9.17, 15) is 19.5 Å². The van der Waals surface area contributed by atoms with E-state index in [1.807, 2.05) is 60.6 Å². The standard InChI is InChI=1S/C43H45N9O4S/c1-26-46-34(25-57-26)38(50(2)3)42(54)52-22-8-12-36(52)40-45-24-33(48-40)30-19-15-28(16-20-30)27-13-17-29(18-14-27)32-23-44-39(47-32)35-11-7-21-51(35)41(53)37(49-43(55)56)31-9-5-4-6-10-31/h4-6,9-10,13-20,23-25,35-38,49H,7-8,11-12,21-22H2,1-3H3,(H,44,47)(H,45,48)(H,55,56)/t35-,36-,37+,38?/m0/s1. The van der Waals surface area contributed by atoms with E-state index >= 15 is 0 Å². The van der Waals surface area contributed by atoms with Crippen LogP contribution in [0.25, 0.3) is 33.6 Å². The van der Waals surface area contributed by atoms with Gasteiger partial charge in [0.05, 0.1) is 46.6 Å². The molecule has 292 valence electrons. The number of hydrogen-bond donors (Lipinski definition) is 4. The van der Waals surface area contributed by atoms with Gasteiger partial charge < -0.3 is 30.2 Å². The van der Waals surface area contributed by atoms with E-state index < -0.39 is 18.2 Å². The van der Waals surface area contributed by atoms with Crippen LogP contribution >= 0.6 is 11.3 Å². The van der Waals surface area contributed by atoms with Gasteiger partial charge in [-0.1, -0.05) is 78.9 Å². The molecule has 57 heavy (non-hydrogen) atoms. The highest BCUT2D eigenvalue weighted by atomic mass is 32.1. The monoisotopic (exact) mass is 783 g/mol. The third-order valence-electron chi connectivity index (χ3n) is 10.9. The van der Waals surface area contributed by atoms with Gasteiger partial charge in [-0.2, -0.15) is 0 Å². The first-order chi connectivity index (χ1) is 27.6. The molecule has 0 bridgehead atoms. The minimum absolute atomic E-state index is 0.0472. The van der Waals surface area contributed by atoms with E-state index in [0.717, 1.165) is 75.9 Å². The normalized spacial score (nSPS) is 17.9. The number of nitrogens with one attached hydrogen (secondary N) is 3. The molecule has 0 saturated carbocycles. The number of imidazole rings is 2. The summed E-state index contributed by atoms with van der Waals surface area (Å²) in [5, 5.41) is 14.8. The van der Waals surface area contributed by atoms with Gasteiger partial charge in [-0.15, -0.1) is 11.3 Å². The van der Waals surface area contributed by atoms with E-state index in [4.69, 9.17) is 4.98 Å². The highest BCUT2D eigenvalue weighted by molar-refractivity contribution is 7.09. The first kappa shape index (κ1) is 37.8. The quantitative estimate of drug-likeness (QED) is 0.105. The maximum absolute atomic E-state index is 13.9. The largest absolute Gasteiger partial charge is 0.465 e. The summed E-state index contributed by atoms with van der Waals surface area (Å²) in [6, 6.07) is 23.7. The Morgan fingerprint density at radius 2 is 1.28 bits per heavy atom. The summed E-state index contributed by atoms with van der Waals surface area (Å²) in [5.41, 5.74) is 7.22. The molecule has 0 radical (unpaired) electrons. The average molecular weight is 784 g/mol. The molecule has 2 aliphatic heterocycles. The summed E-state index contributed by atoms with van der Waals surface area (Å²) in [6.07, 6.45) is 5.67. The molecule has 13 nitrogen and oxygen atoms in total. The van der Waals surface area contributed by atoms with Crippen LogP contribution in [0.4, 0.5) is 4.79 Å². The van der Waals surface area contributed by atoms with Crippen LogP contribution in [0.2, 0.25) is 0 Å². The molecule has 14 heteroatoms. The number of aromatic amines is 2. The Balaban J connectivity index is 0.929. The molecular weight excluding hydrogens is 739 g/mol. The number of H-pyrrole nitrogens is 2. The molecule has 0 spiro atoms. The molecular formula is C43H45N9O4S. The number of carbonyl (C=O) groups is 3. The fourth-order valence-corrected chi connectivity index (χ4v) is 8.75. The van der Waals surface area contributed by atoms with Crippen LogP contribution in [0.1, 0.15) is 77.8 Å². The van der Waals surface area contributed by atoms with Crippen molar-refractivity contribution in [3.8, 4) is 33.6 Å². The highest BCUT2D eigenvalue weighted by Gasteiger charge is 2.39. The van der Waals surface area contributed by atoms with Crippen LogP contribution in [-0.4, -0.2) is 89.8 Å². The van der Waals surface area contributed by atoms with Crippen LogP contribution < -0.4 is 5.32 Å². The number of aromatic nitrogens is 5.